The van der Waals surface area contributed by atoms with Crippen LogP contribution in [0.15, 0.2) is 12.3 Å². The van der Waals surface area contributed by atoms with Gasteiger partial charge in [-0.1, -0.05) is 13.8 Å². The van der Waals surface area contributed by atoms with Crippen LogP contribution < -0.4 is 4.90 Å². The molecule has 118 valence electrons. The summed E-state index contributed by atoms with van der Waals surface area (Å²) >= 11 is 0. The van der Waals surface area contributed by atoms with Gasteiger partial charge in [-0.2, -0.15) is 0 Å². The van der Waals surface area contributed by atoms with Crippen molar-refractivity contribution in [1.29, 1.82) is 0 Å². The van der Waals surface area contributed by atoms with E-state index in [0.29, 0.717) is 18.1 Å². The Labute approximate surface area is 128 Å². The van der Waals surface area contributed by atoms with Crippen LogP contribution in [0.3, 0.4) is 0 Å². The summed E-state index contributed by atoms with van der Waals surface area (Å²) in [4.78, 5) is 13.6. The maximum absolute atomic E-state index is 5.77. The van der Waals surface area contributed by atoms with Crippen molar-refractivity contribution in [3.8, 4) is 0 Å². The van der Waals surface area contributed by atoms with Crippen molar-refractivity contribution >= 4 is 5.82 Å². The molecular formula is C16H28N4O. The lowest BCUT2D eigenvalue weighted by Crippen LogP contribution is -2.47. The Balaban J connectivity index is 1.89. The molecule has 5 nitrogen and oxygen atoms in total. The van der Waals surface area contributed by atoms with Gasteiger partial charge in [0, 0.05) is 45.3 Å². The normalized spacial score (nSPS) is 23.5. The highest BCUT2D eigenvalue weighted by molar-refractivity contribution is 5.36. The summed E-state index contributed by atoms with van der Waals surface area (Å²) in [5.74, 6) is 2.27. The molecule has 0 aromatic carbocycles. The number of hydrogen-bond acceptors (Lipinski definition) is 5. The summed E-state index contributed by atoms with van der Waals surface area (Å²) in [6.07, 6.45) is 2.50. The first-order chi connectivity index (χ1) is 9.95. The topological polar surface area (TPSA) is 41.5 Å². The number of likely N-dealkylation sites (N-methyl/N-ethyl adjacent to an activating group) is 1. The molecule has 2 atom stereocenters. The molecule has 0 bridgehead atoms. The second-order valence-corrected chi connectivity index (χ2v) is 6.37. The van der Waals surface area contributed by atoms with Gasteiger partial charge in [0.05, 0.1) is 12.2 Å². The van der Waals surface area contributed by atoms with Crippen molar-refractivity contribution in [1.82, 2.24) is 14.9 Å². The predicted molar refractivity (Wildman–Crippen MR) is 85.8 cm³/mol. The molecule has 1 saturated heterocycles. The van der Waals surface area contributed by atoms with Crippen molar-refractivity contribution in [3.05, 3.63) is 18.1 Å². The summed E-state index contributed by atoms with van der Waals surface area (Å²) < 4.78 is 5.77. The number of rotatable bonds is 5. The van der Waals surface area contributed by atoms with E-state index in [2.05, 4.69) is 54.5 Å². The fraction of sp³-hybridized carbons (Fsp3) is 0.750. The number of anilines is 1. The summed E-state index contributed by atoms with van der Waals surface area (Å²) in [5.41, 5.74) is 0. The van der Waals surface area contributed by atoms with Crippen LogP contribution in [-0.2, 0) is 4.74 Å². The van der Waals surface area contributed by atoms with Crippen LogP contribution in [0.2, 0.25) is 0 Å². The molecule has 0 radical (unpaired) electrons. The van der Waals surface area contributed by atoms with Crippen LogP contribution >= 0.6 is 0 Å². The van der Waals surface area contributed by atoms with E-state index in [-0.39, 0.29) is 0 Å². The van der Waals surface area contributed by atoms with Gasteiger partial charge in [0.15, 0.2) is 0 Å². The molecule has 0 unspecified atom stereocenters. The molecule has 2 rings (SSSR count). The minimum atomic E-state index is 0.325. The third kappa shape index (κ3) is 4.64. The van der Waals surface area contributed by atoms with Crippen molar-refractivity contribution in [2.45, 2.75) is 45.8 Å². The maximum atomic E-state index is 5.77. The first kappa shape index (κ1) is 16.2. The average Bonchev–Trinajstić information content (AvgIpc) is 2.44. The van der Waals surface area contributed by atoms with E-state index in [1.165, 1.54) is 0 Å². The van der Waals surface area contributed by atoms with E-state index in [1.807, 2.05) is 12.3 Å². The average molecular weight is 292 g/mol. The van der Waals surface area contributed by atoms with Gasteiger partial charge in [-0.15, -0.1) is 0 Å². The third-order valence-electron chi connectivity index (χ3n) is 3.81. The second kappa shape index (κ2) is 7.18. The fourth-order valence-electron chi connectivity index (χ4n) is 2.73. The largest absolute Gasteiger partial charge is 0.373 e. The van der Waals surface area contributed by atoms with Crippen LogP contribution in [0.4, 0.5) is 5.82 Å². The number of ether oxygens (including phenoxy) is 1. The number of hydrogen-bond donors (Lipinski definition) is 0. The molecule has 1 fully saturated rings. The standard InChI is InChI=1S/C16H28N4O/c1-12(2)16-17-7-6-15(18-16)19(5)8-9-20-10-13(3)21-14(4)11-20/h6-7,12-14H,8-11H2,1-5H3/t13-,14+. The van der Waals surface area contributed by atoms with Crippen molar-refractivity contribution < 1.29 is 4.74 Å². The zero-order valence-corrected chi connectivity index (χ0v) is 13.9. The van der Waals surface area contributed by atoms with E-state index < -0.39 is 0 Å². The summed E-state index contributed by atoms with van der Waals surface area (Å²) in [6, 6.07) is 1.98. The number of morpholine rings is 1. The van der Waals surface area contributed by atoms with Gasteiger partial charge in [-0.05, 0) is 19.9 Å². The fourth-order valence-corrected chi connectivity index (χ4v) is 2.73. The minimum absolute atomic E-state index is 0.325. The SMILES string of the molecule is CC(C)c1nccc(N(C)CCN2C[C@@H](C)O[C@@H](C)C2)n1. The molecule has 0 spiro atoms. The third-order valence-corrected chi connectivity index (χ3v) is 3.81. The molecule has 0 aliphatic carbocycles. The Morgan fingerprint density at radius 2 is 2.00 bits per heavy atom. The quantitative estimate of drug-likeness (QED) is 0.832. The van der Waals surface area contributed by atoms with E-state index >= 15 is 0 Å². The highest BCUT2D eigenvalue weighted by Gasteiger charge is 2.22. The highest BCUT2D eigenvalue weighted by atomic mass is 16.5. The molecule has 1 aromatic rings. The number of nitrogens with zero attached hydrogens (tertiary/aromatic N) is 4. The summed E-state index contributed by atoms with van der Waals surface area (Å²) in [7, 11) is 2.10. The first-order valence-electron chi connectivity index (χ1n) is 7.87. The Morgan fingerprint density at radius 1 is 1.33 bits per heavy atom. The van der Waals surface area contributed by atoms with Gasteiger partial charge in [0.2, 0.25) is 0 Å². The lowest BCUT2D eigenvalue weighted by atomic mass is 10.2. The van der Waals surface area contributed by atoms with Crippen LogP contribution in [0, 0.1) is 0 Å². The molecule has 1 aliphatic heterocycles. The molecule has 1 aliphatic rings. The lowest BCUT2D eigenvalue weighted by Gasteiger charge is -2.36. The highest BCUT2D eigenvalue weighted by Crippen LogP contribution is 2.14. The summed E-state index contributed by atoms with van der Waals surface area (Å²) in [5, 5.41) is 0. The first-order valence-corrected chi connectivity index (χ1v) is 7.87. The Kier molecular flexibility index (Phi) is 5.53. The van der Waals surface area contributed by atoms with Gasteiger partial charge in [-0.3, -0.25) is 4.90 Å². The smallest absolute Gasteiger partial charge is 0.133 e. The van der Waals surface area contributed by atoms with Crippen molar-refractivity contribution in [2.75, 3.05) is 38.1 Å². The molecule has 0 N–H and O–H groups in total. The van der Waals surface area contributed by atoms with Crippen LogP contribution in [0.25, 0.3) is 0 Å². The van der Waals surface area contributed by atoms with Gasteiger partial charge in [-0.25, -0.2) is 9.97 Å². The van der Waals surface area contributed by atoms with E-state index in [4.69, 9.17) is 4.74 Å². The molecule has 0 saturated carbocycles. The molecule has 2 heterocycles. The van der Waals surface area contributed by atoms with Gasteiger partial charge < -0.3 is 9.64 Å². The van der Waals surface area contributed by atoms with Crippen LogP contribution in [0.5, 0.6) is 0 Å². The van der Waals surface area contributed by atoms with E-state index in [0.717, 1.165) is 37.8 Å². The minimum Gasteiger partial charge on any atom is -0.373 e. The van der Waals surface area contributed by atoms with Gasteiger partial charge in [0.25, 0.3) is 0 Å². The monoisotopic (exact) mass is 292 g/mol. The van der Waals surface area contributed by atoms with Crippen molar-refractivity contribution in [3.63, 3.8) is 0 Å². The zero-order chi connectivity index (χ0) is 15.4. The molecule has 0 amide bonds. The molecular weight excluding hydrogens is 264 g/mol. The predicted octanol–water partition coefficient (Wildman–Crippen LogP) is 2.15. The Bertz CT molecular complexity index is 442. The zero-order valence-electron chi connectivity index (χ0n) is 13.9. The molecule has 21 heavy (non-hydrogen) atoms. The Morgan fingerprint density at radius 3 is 2.62 bits per heavy atom. The summed E-state index contributed by atoms with van der Waals surface area (Å²) in [6.45, 7) is 12.6. The molecule has 1 aromatic heterocycles. The maximum Gasteiger partial charge on any atom is 0.133 e. The van der Waals surface area contributed by atoms with Gasteiger partial charge in [0.1, 0.15) is 11.6 Å². The van der Waals surface area contributed by atoms with Crippen molar-refractivity contribution in [2.24, 2.45) is 0 Å². The molecule has 5 heteroatoms. The van der Waals surface area contributed by atoms with Crippen LogP contribution in [-0.4, -0.2) is 60.3 Å². The Hall–Kier alpha value is -1.20. The number of aromatic nitrogens is 2. The van der Waals surface area contributed by atoms with E-state index in [1.54, 1.807) is 0 Å². The lowest BCUT2D eigenvalue weighted by molar-refractivity contribution is -0.0670. The van der Waals surface area contributed by atoms with E-state index in [9.17, 15) is 0 Å². The second-order valence-electron chi connectivity index (χ2n) is 6.37. The van der Waals surface area contributed by atoms with Gasteiger partial charge >= 0.3 is 0 Å². The van der Waals surface area contributed by atoms with Crippen LogP contribution in [0.1, 0.15) is 39.4 Å².